The molecule has 5 fully saturated rings. The van der Waals surface area contributed by atoms with Gasteiger partial charge in [0, 0.05) is 60.3 Å². The van der Waals surface area contributed by atoms with Gasteiger partial charge in [-0.3, -0.25) is 14.5 Å². The zero-order valence-corrected chi connectivity index (χ0v) is 32.7. The van der Waals surface area contributed by atoms with E-state index in [9.17, 15) is 9.90 Å². The number of H-pyrrole nitrogens is 1. The Hall–Kier alpha value is -4.13. The second-order valence-corrected chi connectivity index (χ2v) is 17.8. The number of hydrogen-bond donors (Lipinski definition) is 2. The van der Waals surface area contributed by atoms with Crippen molar-refractivity contribution in [2.45, 2.75) is 112 Å². The third-order valence-electron chi connectivity index (χ3n) is 15.8. The minimum atomic E-state index is -1.37. The molecule has 4 bridgehead atoms. The fourth-order valence-electron chi connectivity index (χ4n) is 13.8. The Morgan fingerprint density at radius 1 is 1.04 bits per heavy atom. The number of carbonyl (C=O) groups excluding carboxylic acids is 3. The van der Waals surface area contributed by atoms with Crippen LogP contribution in [0.1, 0.15) is 82.0 Å². The van der Waals surface area contributed by atoms with E-state index in [-0.39, 0.29) is 18.2 Å². The maximum Gasteiger partial charge on any atom is 0.340 e. The number of benzene rings is 2. The second kappa shape index (κ2) is 11.3. The van der Waals surface area contributed by atoms with Gasteiger partial charge in [0.2, 0.25) is 5.91 Å². The maximum absolute atomic E-state index is 15.4. The number of ether oxygens (including phenoxy) is 4. The average molecular weight is 753 g/mol. The Bertz CT molecular complexity index is 2170. The molecule has 55 heavy (non-hydrogen) atoms. The van der Waals surface area contributed by atoms with Gasteiger partial charge in [-0.25, -0.2) is 4.79 Å². The standard InChI is InChI=1S/C43H52N4O8/c1-7-39(51)18-14-25-21-40(36(49)53-5,34-28(16-19-46(39)23-25)27-10-8-9-11-30(27)44-34)32-22-41-29-13-12-26(52-4)20-31(29)45(3)35(41)42(37(50)54-6)24-38(2)17-15-33(48)47(32)43(38,41)55-42/h8-13,20,25,32,35,44,51H,7,14-19,21-24H2,1-6H3/t25?,32?,35-,38+,39?,40+,41?,42-,43+/m1/s1. The molecule has 2 aromatic carbocycles. The summed E-state index contributed by atoms with van der Waals surface area (Å²) in [5.41, 5.74) is -1.89. The lowest BCUT2D eigenvalue weighted by molar-refractivity contribution is -0.218. The summed E-state index contributed by atoms with van der Waals surface area (Å²) in [5.74, 6) is -0.217. The molecule has 7 aliphatic rings. The van der Waals surface area contributed by atoms with Crippen molar-refractivity contribution in [2.75, 3.05) is 46.4 Å². The van der Waals surface area contributed by atoms with Crippen LogP contribution in [0.3, 0.4) is 0 Å². The summed E-state index contributed by atoms with van der Waals surface area (Å²) < 4.78 is 24.8. The molecule has 8 heterocycles. The second-order valence-electron chi connectivity index (χ2n) is 17.8. The van der Waals surface area contributed by atoms with Gasteiger partial charge in [0.1, 0.15) is 16.9 Å². The predicted molar refractivity (Wildman–Crippen MR) is 202 cm³/mol. The molecule has 292 valence electrons. The molecule has 7 aliphatic heterocycles. The summed E-state index contributed by atoms with van der Waals surface area (Å²) in [7, 11) is 6.51. The largest absolute Gasteiger partial charge is 0.497 e. The third kappa shape index (κ3) is 3.87. The number of aliphatic hydroxyl groups is 1. The lowest BCUT2D eigenvalue weighted by Gasteiger charge is -2.57. The van der Waals surface area contributed by atoms with Crippen molar-refractivity contribution in [1.29, 1.82) is 0 Å². The van der Waals surface area contributed by atoms with E-state index < -0.39 is 57.3 Å². The third-order valence-corrected chi connectivity index (χ3v) is 15.8. The number of piperidine rings is 2. The van der Waals surface area contributed by atoms with Gasteiger partial charge in [-0.1, -0.05) is 38.1 Å². The van der Waals surface area contributed by atoms with Crippen LogP contribution in [-0.2, 0) is 45.8 Å². The van der Waals surface area contributed by atoms with Gasteiger partial charge in [-0.2, -0.15) is 0 Å². The molecule has 0 saturated carbocycles. The number of aromatic amines is 1. The van der Waals surface area contributed by atoms with Gasteiger partial charge in [0.05, 0.1) is 38.8 Å². The molecule has 12 heteroatoms. The molecule has 0 aliphatic carbocycles. The van der Waals surface area contributed by atoms with Crippen LogP contribution < -0.4 is 9.64 Å². The summed E-state index contributed by atoms with van der Waals surface area (Å²) in [4.78, 5) is 55.1. The first-order valence-electron chi connectivity index (χ1n) is 20.0. The first-order valence-corrected chi connectivity index (χ1v) is 20.0. The minimum absolute atomic E-state index is 0.0160. The van der Waals surface area contributed by atoms with Gasteiger partial charge < -0.3 is 38.8 Å². The Balaban J connectivity index is 1.28. The molecule has 0 radical (unpaired) electrons. The van der Waals surface area contributed by atoms with E-state index in [4.69, 9.17) is 18.9 Å². The molecule has 1 amide bonds. The molecule has 5 saturated heterocycles. The number of anilines is 1. The SMILES string of the molecule is CCC1(O)CCC2CN1CCc1c([nH]c3ccccc13)[C@@](C(=O)OC)(C1CC34c5ccc(OC)cc5N(C)[C@H]3[C@@]3(C(=O)OC)C[C@]5(C)CCC(=O)N1[C@@]45O3)C2. The van der Waals surface area contributed by atoms with Crippen molar-refractivity contribution in [3.05, 3.63) is 59.3 Å². The van der Waals surface area contributed by atoms with Gasteiger partial charge in [-0.15, -0.1) is 0 Å². The quantitative estimate of drug-likeness (QED) is 0.358. The molecule has 2 N–H and O–H groups in total. The van der Waals surface area contributed by atoms with Crippen LogP contribution in [-0.4, -0.2) is 108 Å². The van der Waals surface area contributed by atoms with Crippen LogP contribution in [0.15, 0.2) is 42.5 Å². The number of esters is 2. The molecule has 2 spiro atoms. The normalized spacial score (nSPS) is 40.8. The topological polar surface area (TPSA) is 134 Å². The van der Waals surface area contributed by atoms with E-state index in [2.05, 4.69) is 33.8 Å². The first-order chi connectivity index (χ1) is 26.3. The monoisotopic (exact) mass is 752 g/mol. The first kappa shape index (κ1) is 35.3. The number of methoxy groups -OCH3 is 3. The lowest BCUT2D eigenvalue weighted by Crippen LogP contribution is -2.72. The van der Waals surface area contributed by atoms with Crippen LogP contribution in [0.25, 0.3) is 10.9 Å². The molecule has 10 atom stereocenters. The molecule has 12 nitrogen and oxygen atoms in total. The molecular formula is C43H52N4O8. The van der Waals surface area contributed by atoms with E-state index in [1.54, 1.807) is 7.11 Å². The maximum atomic E-state index is 15.4. The molecule has 10 rings (SSSR count). The van der Waals surface area contributed by atoms with Gasteiger partial charge in [0.25, 0.3) is 0 Å². The van der Waals surface area contributed by atoms with E-state index in [0.717, 1.165) is 39.8 Å². The Morgan fingerprint density at radius 3 is 2.56 bits per heavy atom. The average Bonchev–Trinajstić information content (AvgIpc) is 3.94. The highest BCUT2D eigenvalue weighted by molar-refractivity contribution is 5.94. The van der Waals surface area contributed by atoms with Crippen LogP contribution in [0.4, 0.5) is 5.69 Å². The van der Waals surface area contributed by atoms with Crippen LogP contribution in [0.2, 0.25) is 0 Å². The fraction of sp³-hybridized carbons (Fsp3) is 0.605. The number of fused-ring (bicyclic) bond motifs is 8. The van der Waals surface area contributed by atoms with Crippen LogP contribution in [0.5, 0.6) is 5.75 Å². The van der Waals surface area contributed by atoms with Crippen molar-refractivity contribution < 1.29 is 38.4 Å². The highest BCUT2D eigenvalue weighted by atomic mass is 16.6. The summed E-state index contributed by atoms with van der Waals surface area (Å²) in [5, 5.41) is 12.9. The number of rotatable bonds is 5. The number of amides is 1. The number of para-hydroxylation sites is 1. The molecule has 5 unspecified atom stereocenters. The molecular weight excluding hydrogens is 700 g/mol. The minimum Gasteiger partial charge on any atom is -0.497 e. The van der Waals surface area contributed by atoms with Crippen LogP contribution in [0, 0.1) is 11.3 Å². The Labute approximate surface area is 321 Å². The number of nitrogens with zero attached hydrogens (tertiary/aromatic N) is 3. The summed E-state index contributed by atoms with van der Waals surface area (Å²) in [6.07, 6.45) is 4.46. The summed E-state index contributed by atoms with van der Waals surface area (Å²) in [6.45, 7) is 5.46. The molecule has 3 aromatic rings. The summed E-state index contributed by atoms with van der Waals surface area (Å²) >= 11 is 0. The zero-order chi connectivity index (χ0) is 38.5. The fourth-order valence-corrected chi connectivity index (χ4v) is 13.8. The smallest absolute Gasteiger partial charge is 0.340 e. The summed E-state index contributed by atoms with van der Waals surface area (Å²) in [6, 6.07) is 13.0. The lowest BCUT2D eigenvalue weighted by atomic mass is 9.50. The van der Waals surface area contributed by atoms with Gasteiger partial charge in [-0.05, 0) is 80.5 Å². The zero-order valence-electron chi connectivity index (χ0n) is 32.7. The van der Waals surface area contributed by atoms with Crippen molar-refractivity contribution in [3.63, 3.8) is 0 Å². The Morgan fingerprint density at radius 2 is 1.82 bits per heavy atom. The van der Waals surface area contributed by atoms with Crippen molar-refractivity contribution in [3.8, 4) is 5.75 Å². The number of likely N-dealkylation sites (N-methyl/N-ethyl adjacent to an activating group) is 1. The highest BCUT2D eigenvalue weighted by Gasteiger charge is 2.93. The van der Waals surface area contributed by atoms with Gasteiger partial charge >= 0.3 is 11.9 Å². The van der Waals surface area contributed by atoms with Crippen molar-refractivity contribution in [1.82, 2.24) is 14.8 Å². The van der Waals surface area contributed by atoms with Crippen molar-refractivity contribution in [2.24, 2.45) is 11.3 Å². The Kier molecular flexibility index (Phi) is 7.22. The van der Waals surface area contributed by atoms with Gasteiger partial charge in [0.15, 0.2) is 11.3 Å². The van der Waals surface area contributed by atoms with E-state index in [0.29, 0.717) is 63.8 Å². The number of aromatic nitrogens is 1. The predicted octanol–water partition coefficient (Wildman–Crippen LogP) is 4.54. The van der Waals surface area contributed by atoms with E-state index in [1.165, 1.54) is 14.2 Å². The van der Waals surface area contributed by atoms with E-state index in [1.807, 2.05) is 49.2 Å². The number of nitrogens with one attached hydrogen (secondary N) is 1. The van der Waals surface area contributed by atoms with Crippen LogP contribution >= 0.6 is 0 Å². The van der Waals surface area contributed by atoms with Crippen molar-refractivity contribution >= 4 is 34.4 Å². The number of hydrogen-bond acceptors (Lipinski definition) is 10. The van der Waals surface area contributed by atoms with E-state index >= 15 is 9.59 Å². The number of carbonyl (C=O) groups is 3. The molecule has 1 aromatic heterocycles. The highest BCUT2D eigenvalue weighted by Crippen LogP contribution is 2.81.